The molecule has 0 spiro atoms. The Bertz CT molecular complexity index is 696. The molecule has 2 aromatic rings. The van der Waals surface area contributed by atoms with Crippen molar-refractivity contribution in [3.63, 3.8) is 0 Å². The van der Waals surface area contributed by atoms with Crippen molar-refractivity contribution in [3.05, 3.63) is 55.8 Å². The first kappa shape index (κ1) is 14.2. The van der Waals surface area contributed by atoms with E-state index in [0.29, 0.717) is 15.7 Å². The molecule has 0 amide bonds. The minimum Gasteiger partial charge on any atom is -0.478 e. The second kappa shape index (κ2) is 5.41. The van der Waals surface area contributed by atoms with Gasteiger partial charge in [-0.1, -0.05) is 15.9 Å². The number of aromatic nitrogens is 2. The fourth-order valence-electron chi connectivity index (χ4n) is 1.82. The summed E-state index contributed by atoms with van der Waals surface area (Å²) in [6.07, 6.45) is 1.24. The van der Waals surface area contributed by atoms with E-state index in [1.807, 2.05) is 0 Å². The SMILES string of the molecule is Cc1c(C(=O)O)cnn1Cc1ccc(Br)cc1[N+](=O)[O-]. The van der Waals surface area contributed by atoms with E-state index < -0.39 is 10.9 Å². The van der Waals surface area contributed by atoms with Crippen molar-refractivity contribution in [1.29, 1.82) is 0 Å². The predicted molar refractivity (Wildman–Crippen MR) is 73.8 cm³/mol. The lowest BCUT2D eigenvalue weighted by atomic mass is 10.2. The summed E-state index contributed by atoms with van der Waals surface area (Å²) in [6, 6.07) is 4.72. The number of hydrogen-bond donors (Lipinski definition) is 1. The Hall–Kier alpha value is -2.22. The first-order valence-electron chi connectivity index (χ1n) is 5.58. The van der Waals surface area contributed by atoms with Crippen LogP contribution in [0.15, 0.2) is 28.9 Å². The largest absolute Gasteiger partial charge is 0.478 e. The molecule has 8 heteroatoms. The summed E-state index contributed by atoms with van der Waals surface area (Å²) in [5, 5.41) is 23.9. The predicted octanol–water partition coefficient (Wildman–Crippen LogP) is 2.61. The van der Waals surface area contributed by atoms with Crippen molar-refractivity contribution >= 4 is 27.6 Å². The van der Waals surface area contributed by atoms with Crippen molar-refractivity contribution in [3.8, 4) is 0 Å². The van der Waals surface area contributed by atoms with E-state index in [9.17, 15) is 14.9 Å². The third-order valence-corrected chi connectivity index (χ3v) is 3.39. The molecule has 0 unspecified atom stereocenters. The van der Waals surface area contributed by atoms with Gasteiger partial charge in [-0.2, -0.15) is 5.10 Å². The van der Waals surface area contributed by atoms with Gasteiger partial charge in [0.05, 0.1) is 28.9 Å². The zero-order valence-corrected chi connectivity index (χ0v) is 12.0. The monoisotopic (exact) mass is 339 g/mol. The fraction of sp³-hybridized carbons (Fsp3) is 0.167. The molecule has 20 heavy (non-hydrogen) atoms. The molecule has 1 aromatic heterocycles. The standard InChI is InChI=1S/C12H10BrN3O4/c1-7-10(12(17)18)5-14-15(7)6-8-2-3-9(13)4-11(8)16(19)20/h2-5H,6H2,1H3,(H,17,18). The third-order valence-electron chi connectivity index (χ3n) is 2.90. The van der Waals surface area contributed by atoms with Crippen LogP contribution in [0, 0.1) is 17.0 Å². The van der Waals surface area contributed by atoms with Gasteiger partial charge < -0.3 is 5.11 Å². The average Bonchev–Trinajstić information content (AvgIpc) is 2.73. The van der Waals surface area contributed by atoms with Crippen LogP contribution in [0.2, 0.25) is 0 Å². The summed E-state index contributed by atoms with van der Waals surface area (Å²) in [7, 11) is 0. The highest BCUT2D eigenvalue weighted by molar-refractivity contribution is 9.10. The van der Waals surface area contributed by atoms with Gasteiger partial charge in [-0.05, 0) is 19.1 Å². The molecule has 0 radical (unpaired) electrons. The number of aromatic carboxylic acids is 1. The van der Waals surface area contributed by atoms with Gasteiger partial charge in [0.2, 0.25) is 0 Å². The van der Waals surface area contributed by atoms with Crippen LogP contribution < -0.4 is 0 Å². The number of benzene rings is 1. The van der Waals surface area contributed by atoms with E-state index >= 15 is 0 Å². The topological polar surface area (TPSA) is 98.3 Å². The summed E-state index contributed by atoms with van der Waals surface area (Å²) in [5.74, 6) is -1.07. The third kappa shape index (κ3) is 2.69. The van der Waals surface area contributed by atoms with Gasteiger partial charge in [-0.15, -0.1) is 0 Å². The molecule has 1 aromatic carbocycles. The van der Waals surface area contributed by atoms with Crippen LogP contribution in [0.25, 0.3) is 0 Å². The van der Waals surface area contributed by atoms with Gasteiger partial charge in [0.1, 0.15) is 5.56 Å². The lowest BCUT2D eigenvalue weighted by Gasteiger charge is -2.06. The lowest BCUT2D eigenvalue weighted by molar-refractivity contribution is -0.385. The van der Waals surface area contributed by atoms with Crippen LogP contribution in [0.1, 0.15) is 21.6 Å². The van der Waals surface area contributed by atoms with Crippen molar-refractivity contribution in [1.82, 2.24) is 9.78 Å². The summed E-state index contributed by atoms with van der Waals surface area (Å²) in [6.45, 7) is 1.75. The summed E-state index contributed by atoms with van der Waals surface area (Å²) in [5.41, 5.74) is 0.965. The van der Waals surface area contributed by atoms with Crippen molar-refractivity contribution < 1.29 is 14.8 Å². The Morgan fingerprint density at radius 3 is 2.80 bits per heavy atom. The number of rotatable bonds is 4. The molecule has 2 rings (SSSR count). The van der Waals surface area contributed by atoms with Crippen LogP contribution in [-0.4, -0.2) is 25.8 Å². The van der Waals surface area contributed by atoms with Crippen molar-refractivity contribution in [2.45, 2.75) is 13.5 Å². The highest BCUT2D eigenvalue weighted by Gasteiger charge is 2.18. The number of nitro benzene ring substituents is 1. The highest BCUT2D eigenvalue weighted by atomic mass is 79.9. The second-order valence-electron chi connectivity index (χ2n) is 4.14. The molecule has 0 saturated heterocycles. The van der Waals surface area contributed by atoms with Crippen LogP contribution in [0.4, 0.5) is 5.69 Å². The molecular formula is C12H10BrN3O4. The Balaban J connectivity index is 2.40. The van der Waals surface area contributed by atoms with Crippen LogP contribution in [0.3, 0.4) is 0 Å². The maximum atomic E-state index is 11.0. The summed E-state index contributed by atoms with van der Waals surface area (Å²) < 4.78 is 2.04. The molecule has 0 aliphatic heterocycles. The summed E-state index contributed by atoms with van der Waals surface area (Å²) in [4.78, 5) is 21.5. The van der Waals surface area contributed by atoms with Gasteiger partial charge in [-0.3, -0.25) is 14.8 Å². The number of carboxylic acids is 1. The number of hydrogen-bond acceptors (Lipinski definition) is 4. The van der Waals surface area contributed by atoms with Crippen LogP contribution in [0.5, 0.6) is 0 Å². The maximum absolute atomic E-state index is 11.0. The van der Waals surface area contributed by atoms with Crippen molar-refractivity contribution in [2.24, 2.45) is 0 Å². The number of nitrogens with zero attached hydrogens (tertiary/aromatic N) is 3. The van der Waals surface area contributed by atoms with Crippen LogP contribution >= 0.6 is 15.9 Å². The molecule has 1 heterocycles. The van der Waals surface area contributed by atoms with Gasteiger partial charge in [0, 0.05) is 10.5 Å². The molecular weight excluding hydrogens is 330 g/mol. The molecule has 0 atom stereocenters. The minimum absolute atomic E-state index is 0.0360. The van der Waals surface area contributed by atoms with E-state index in [4.69, 9.17) is 5.11 Å². The molecule has 7 nitrogen and oxygen atoms in total. The Morgan fingerprint density at radius 2 is 2.25 bits per heavy atom. The Morgan fingerprint density at radius 1 is 1.55 bits per heavy atom. The second-order valence-corrected chi connectivity index (χ2v) is 5.05. The van der Waals surface area contributed by atoms with Gasteiger partial charge in [-0.25, -0.2) is 4.79 Å². The number of halogens is 1. The molecule has 0 aliphatic rings. The zero-order chi connectivity index (χ0) is 14.9. The first-order valence-corrected chi connectivity index (χ1v) is 6.38. The molecule has 0 aliphatic carbocycles. The number of carboxylic acid groups (broad SMARTS) is 1. The molecule has 104 valence electrons. The lowest BCUT2D eigenvalue weighted by Crippen LogP contribution is -2.07. The van der Waals surface area contributed by atoms with Crippen molar-refractivity contribution in [2.75, 3.05) is 0 Å². The normalized spacial score (nSPS) is 10.5. The minimum atomic E-state index is -1.07. The fourth-order valence-corrected chi connectivity index (χ4v) is 2.17. The number of nitro groups is 1. The summed E-state index contributed by atoms with van der Waals surface area (Å²) >= 11 is 3.18. The molecule has 0 bridgehead atoms. The van der Waals surface area contributed by atoms with E-state index in [-0.39, 0.29) is 17.8 Å². The van der Waals surface area contributed by atoms with E-state index in [2.05, 4.69) is 21.0 Å². The van der Waals surface area contributed by atoms with Crippen LogP contribution in [-0.2, 0) is 6.54 Å². The zero-order valence-electron chi connectivity index (χ0n) is 10.4. The van der Waals surface area contributed by atoms with Gasteiger partial charge >= 0.3 is 5.97 Å². The van der Waals surface area contributed by atoms with E-state index in [0.717, 1.165) is 0 Å². The quantitative estimate of drug-likeness (QED) is 0.681. The molecule has 0 saturated carbocycles. The molecule has 0 fully saturated rings. The smallest absolute Gasteiger partial charge is 0.339 e. The average molecular weight is 340 g/mol. The molecule has 1 N–H and O–H groups in total. The van der Waals surface area contributed by atoms with Gasteiger partial charge in [0.15, 0.2) is 0 Å². The van der Waals surface area contributed by atoms with Gasteiger partial charge in [0.25, 0.3) is 5.69 Å². The number of carbonyl (C=O) groups is 1. The Labute approximate surface area is 122 Å². The van der Waals surface area contributed by atoms with E-state index in [1.54, 1.807) is 19.1 Å². The maximum Gasteiger partial charge on any atom is 0.339 e. The Kier molecular flexibility index (Phi) is 3.84. The first-order chi connectivity index (χ1) is 9.40. The van der Waals surface area contributed by atoms with E-state index in [1.165, 1.54) is 16.9 Å². The highest BCUT2D eigenvalue weighted by Crippen LogP contribution is 2.24.